The molecule has 6 N–H and O–H groups in total. The summed E-state index contributed by atoms with van der Waals surface area (Å²) >= 11 is 0. The predicted octanol–water partition coefficient (Wildman–Crippen LogP) is -2.09. The van der Waals surface area contributed by atoms with E-state index in [0.717, 1.165) is 0 Å². The molecule has 0 saturated carbocycles. The Kier molecular flexibility index (Phi) is 2.99. The highest BCUT2D eigenvalue weighted by Crippen LogP contribution is 2.34. The number of aliphatic imine (C=N–C) groups is 1. The van der Waals surface area contributed by atoms with E-state index in [1.807, 2.05) is 0 Å². The molecule has 2 aliphatic heterocycles. The minimum atomic E-state index is -1.16. The minimum Gasteiger partial charge on any atom is -0.394 e. The van der Waals surface area contributed by atoms with Crippen LogP contribution in [0.4, 0.5) is 5.82 Å². The van der Waals surface area contributed by atoms with Crippen molar-refractivity contribution in [3.63, 3.8) is 0 Å². The summed E-state index contributed by atoms with van der Waals surface area (Å²) in [6, 6.07) is 0. The summed E-state index contributed by atoms with van der Waals surface area (Å²) in [4.78, 5) is 8.07. The normalized spacial score (nSPS) is 37.2. The van der Waals surface area contributed by atoms with Gasteiger partial charge in [-0.1, -0.05) is 0 Å². The number of nitrogens with zero attached hydrogens (tertiary/aromatic N) is 3. The summed E-state index contributed by atoms with van der Waals surface area (Å²) < 4.78 is 6.96. The van der Waals surface area contributed by atoms with E-state index in [1.54, 1.807) is 0 Å². The molecule has 0 aromatic carbocycles. The first kappa shape index (κ1) is 12.5. The lowest BCUT2D eigenvalue weighted by atomic mass is 10.1. The maximum absolute atomic E-state index is 9.97. The second-order valence-corrected chi connectivity index (χ2v) is 4.48. The highest BCUT2D eigenvalue weighted by atomic mass is 16.6. The van der Waals surface area contributed by atoms with Crippen molar-refractivity contribution in [1.82, 2.24) is 9.55 Å². The van der Waals surface area contributed by atoms with E-state index in [4.69, 9.17) is 15.6 Å². The molecular weight excluding hydrogens is 254 g/mol. The number of imidazole rings is 1. The van der Waals surface area contributed by atoms with Crippen LogP contribution in [-0.4, -0.2) is 56.1 Å². The summed E-state index contributed by atoms with van der Waals surface area (Å²) in [7, 11) is 0. The third-order valence-electron chi connectivity index (χ3n) is 3.33. The average Bonchev–Trinajstić information content (AvgIpc) is 2.94. The Morgan fingerprint density at radius 1 is 1.42 bits per heavy atom. The van der Waals surface area contributed by atoms with Crippen LogP contribution >= 0.6 is 0 Å². The lowest BCUT2D eigenvalue weighted by Crippen LogP contribution is -2.33. The van der Waals surface area contributed by atoms with E-state index in [-0.39, 0.29) is 6.61 Å². The molecular formula is C10H15N5O4. The van der Waals surface area contributed by atoms with Crippen molar-refractivity contribution < 1.29 is 20.1 Å². The molecule has 0 radical (unpaired) electrons. The maximum Gasteiger partial charge on any atom is 0.165 e. The van der Waals surface area contributed by atoms with Gasteiger partial charge in [0.25, 0.3) is 0 Å². The van der Waals surface area contributed by atoms with E-state index >= 15 is 0 Å². The summed E-state index contributed by atoms with van der Waals surface area (Å²) in [5, 5.41) is 31.7. The number of hydrogen-bond donors (Lipinski definition) is 5. The Labute approximate surface area is 108 Å². The summed E-state index contributed by atoms with van der Waals surface area (Å²) in [5.74, 6) is 0.553. The standard InChI is InChI=1S/C10H15N5O4/c11-8-5-9(13-2-12-8)15(3-14-5)10-7(18)6(17)4(1-16)19-10/h2-4,6-8,10,16-18H,1,11H2,(H,12,13)/t4-,6+,7?,8?,10-/m1/s1. The smallest absolute Gasteiger partial charge is 0.165 e. The molecule has 2 unspecified atom stereocenters. The van der Waals surface area contributed by atoms with Gasteiger partial charge in [-0.2, -0.15) is 0 Å². The van der Waals surface area contributed by atoms with Gasteiger partial charge in [-0.25, -0.2) is 4.98 Å². The first-order valence-corrected chi connectivity index (χ1v) is 5.86. The fourth-order valence-corrected chi connectivity index (χ4v) is 2.29. The van der Waals surface area contributed by atoms with Crippen LogP contribution in [-0.2, 0) is 4.74 Å². The third-order valence-corrected chi connectivity index (χ3v) is 3.33. The van der Waals surface area contributed by atoms with Crippen LogP contribution in [0.25, 0.3) is 0 Å². The van der Waals surface area contributed by atoms with Crippen LogP contribution in [0.1, 0.15) is 18.1 Å². The second kappa shape index (κ2) is 4.54. The van der Waals surface area contributed by atoms with Gasteiger partial charge in [-0.05, 0) is 0 Å². The molecule has 0 aliphatic carbocycles. The van der Waals surface area contributed by atoms with Gasteiger partial charge in [0, 0.05) is 0 Å². The van der Waals surface area contributed by atoms with Crippen LogP contribution in [0.15, 0.2) is 11.3 Å². The first-order chi connectivity index (χ1) is 9.13. The lowest BCUT2D eigenvalue weighted by Gasteiger charge is -2.21. The number of fused-ring (bicyclic) bond motifs is 1. The SMILES string of the molecule is NC1N=CNc2c1ncn2[C@@H]1O[C@H](CO)[C@H](O)C1O. The molecule has 3 rings (SSSR count). The van der Waals surface area contributed by atoms with Gasteiger partial charge in [0.05, 0.1) is 19.3 Å². The zero-order valence-corrected chi connectivity index (χ0v) is 9.92. The molecule has 9 heteroatoms. The molecule has 1 saturated heterocycles. The van der Waals surface area contributed by atoms with Gasteiger partial charge >= 0.3 is 0 Å². The molecule has 0 amide bonds. The zero-order valence-electron chi connectivity index (χ0n) is 9.92. The summed E-state index contributed by atoms with van der Waals surface area (Å²) in [5.41, 5.74) is 6.30. The molecule has 1 fully saturated rings. The van der Waals surface area contributed by atoms with Crippen LogP contribution in [0.5, 0.6) is 0 Å². The topological polar surface area (TPSA) is 138 Å². The Balaban J connectivity index is 1.92. The number of anilines is 1. The van der Waals surface area contributed by atoms with E-state index < -0.39 is 30.7 Å². The van der Waals surface area contributed by atoms with E-state index in [0.29, 0.717) is 11.5 Å². The molecule has 2 aliphatic rings. The molecule has 104 valence electrons. The number of nitrogens with two attached hydrogens (primary N) is 1. The van der Waals surface area contributed by atoms with Crippen molar-refractivity contribution in [2.75, 3.05) is 11.9 Å². The molecule has 0 spiro atoms. The molecule has 5 atom stereocenters. The van der Waals surface area contributed by atoms with Crippen LogP contribution in [0, 0.1) is 0 Å². The van der Waals surface area contributed by atoms with Crippen molar-refractivity contribution in [2.24, 2.45) is 10.7 Å². The van der Waals surface area contributed by atoms with Gasteiger partial charge < -0.3 is 31.1 Å². The molecule has 1 aromatic rings. The maximum atomic E-state index is 9.97. The van der Waals surface area contributed by atoms with E-state index in [1.165, 1.54) is 17.2 Å². The van der Waals surface area contributed by atoms with Crippen molar-refractivity contribution >= 4 is 12.2 Å². The van der Waals surface area contributed by atoms with E-state index in [9.17, 15) is 10.2 Å². The lowest BCUT2D eigenvalue weighted by molar-refractivity contribution is -0.0518. The molecule has 1 aromatic heterocycles. The third kappa shape index (κ3) is 1.83. The highest BCUT2D eigenvalue weighted by molar-refractivity contribution is 5.77. The van der Waals surface area contributed by atoms with Crippen LogP contribution < -0.4 is 11.1 Å². The van der Waals surface area contributed by atoms with Gasteiger partial charge in [-0.15, -0.1) is 0 Å². The number of rotatable bonds is 2. The van der Waals surface area contributed by atoms with Gasteiger partial charge in [0.1, 0.15) is 36.0 Å². The van der Waals surface area contributed by atoms with Crippen molar-refractivity contribution in [1.29, 1.82) is 0 Å². The number of aromatic nitrogens is 2. The van der Waals surface area contributed by atoms with Crippen molar-refractivity contribution in [3.05, 3.63) is 12.0 Å². The molecule has 9 nitrogen and oxygen atoms in total. The van der Waals surface area contributed by atoms with E-state index in [2.05, 4.69) is 15.3 Å². The summed E-state index contributed by atoms with van der Waals surface area (Å²) in [6.07, 6.45) is -1.67. The number of ether oxygens (including phenoxy) is 1. The highest BCUT2D eigenvalue weighted by Gasteiger charge is 2.44. The number of hydrogen-bond acceptors (Lipinski definition) is 8. The Morgan fingerprint density at radius 2 is 2.21 bits per heavy atom. The van der Waals surface area contributed by atoms with Gasteiger partial charge in [0.2, 0.25) is 0 Å². The number of nitrogens with one attached hydrogen (secondary N) is 1. The minimum absolute atomic E-state index is 0.375. The quantitative estimate of drug-likeness (QED) is 0.415. The zero-order chi connectivity index (χ0) is 13.6. The number of aliphatic hydroxyl groups is 3. The monoisotopic (exact) mass is 269 g/mol. The van der Waals surface area contributed by atoms with Crippen molar-refractivity contribution in [2.45, 2.75) is 30.7 Å². The fourth-order valence-electron chi connectivity index (χ4n) is 2.29. The molecule has 0 bridgehead atoms. The van der Waals surface area contributed by atoms with Crippen molar-refractivity contribution in [3.8, 4) is 0 Å². The Bertz CT molecular complexity index is 504. The van der Waals surface area contributed by atoms with Crippen LogP contribution in [0.3, 0.4) is 0 Å². The largest absolute Gasteiger partial charge is 0.394 e. The summed E-state index contributed by atoms with van der Waals surface area (Å²) in [6.45, 7) is -0.375. The number of aliphatic hydroxyl groups excluding tert-OH is 3. The van der Waals surface area contributed by atoms with Gasteiger partial charge in [0.15, 0.2) is 6.23 Å². The fraction of sp³-hybridized carbons (Fsp3) is 0.600. The molecule has 19 heavy (non-hydrogen) atoms. The first-order valence-electron chi connectivity index (χ1n) is 5.86. The predicted molar refractivity (Wildman–Crippen MR) is 64.3 cm³/mol. The second-order valence-electron chi connectivity index (χ2n) is 4.48. The van der Waals surface area contributed by atoms with Gasteiger partial charge in [-0.3, -0.25) is 9.56 Å². The van der Waals surface area contributed by atoms with Crippen LogP contribution in [0.2, 0.25) is 0 Å². The molecule has 3 heterocycles. The average molecular weight is 269 g/mol. The Morgan fingerprint density at radius 3 is 2.89 bits per heavy atom. The Hall–Kier alpha value is -1.52.